The number of hydrogen-bond acceptors (Lipinski definition) is 3. The van der Waals surface area contributed by atoms with E-state index >= 15 is 0 Å². The molecule has 0 fully saturated rings. The lowest BCUT2D eigenvalue weighted by Gasteiger charge is -2.14. The minimum Gasteiger partial charge on any atom is -0.481 e. The lowest BCUT2D eigenvalue weighted by molar-refractivity contribution is -0.123. The van der Waals surface area contributed by atoms with Crippen molar-refractivity contribution in [3.63, 3.8) is 0 Å². The fraction of sp³-hybridized carbons (Fsp3) is 0.562. The fourth-order valence-electron chi connectivity index (χ4n) is 2.04. The summed E-state index contributed by atoms with van der Waals surface area (Å²) in [5, 5.41) is 5.85. The SMILES string of the molecule is CCCC(C)NC(=O)COc1ccc(C(C)NC)cc1F. The molecule has 0 heterocycles. The highest BCUT2D eigenvalue weighted by Gasteiger charge is 2.11. The predicted molar refractivity (Wildman–Crippen MR) is 81.9 cm³/mol. The Kier molecular flexibility index (Phi) is 7.15. The van der Waals surface area contributed by atoms with Gasteiger partial charge in [0.2, 0.25) is 0 Å². The predicted octanol–water partition coefficient (Wildman–Crippen LogP) is 2.79. The molecule has 0 aliphatic rings. The minimum absolute atomic E-state index is 0.0618. The summed E-state index contributed by atoms with van der Waals surface area (Å²) in [6.07, 6.45) is 1.92. The summed E-state index contributed by atoms with van der Waals surface area (Å²) < 4.78 is 19.1. The number of rotatable bonds is 8. The van der Waals surface area contributed by atoms with Crippen molar-refractivity contribution in [1.82, 2.24) is 10.6 Å². The number of amides is 1. The maximum absolute atomic E-state index is 13.9. The third kappa shape index (κ3) is 5.71. The maximum Gasteiger partial charge on any atom is 0.258 e. The topological polar surface area (TPSA) is 50.4 Å². The zero-order valence-corrected chi connectivity index (χ0v) is 13.2. The Morgan fingerprint density at radius 3 is 2.67 bits per heavy atom. The summed E-state index contributed by atoms with van der Waals surface area (Å²) in [5.41, 5.74) is 0.836. The van der Waals surface area contributed by atoms with Gasteiger partial charge in [0.05, 0.1) is 0 Å². The Morgan fingerprint density at radius 2 is 2.10 bits per heavy atom. The van der Waals surface area contributed by atoms with Crippen LogP contribution < -0.4 is 15.4 Å². The molecule has 2 N–H and O–H groups in total. The van der Waals surface area contributed by atoms with Crippen molar-refractivity contribution in [2.75, 3.05) is 13.7 Å². The number of nitrogens with one attached hydrogen (secondary N) is 2. The normalized spacial score (nSPS) is 13.6. The Bertz CT molecular complexity index is 466. The Labute approximate surface area is 126 Å². The first kappa shape index (κ1) is 17.4. The van der Waals surface area contributed by atoms with Crippen molar-refractivity contribution in [1.29, 1.82) is 0 Å². The smallest absolute Gasteiger partial charge is 0.258 e. The first-order chi connectivity index (χ1) is 9.97. The van der Waals surface area contributed by atoms with Gasteiger partial charge in [-0.2, -0.15) is 0 Å². The third-order valence-electron chi connectivity index (χ3n) is 3.38. The molecule has 2 unspecified atom stereocenters. The molecular weight excluding hydrogens is 271 g/mol. The van der Waals surface area contributed by atoms with Crippen LogP contribution in [0.4, 0.5) is 4.39 Å². The average Bonchev–Trinajstić information content (AvgIpc) is 2.45. The second kappa shape index (κ2) is 8.62. The molecule has 5 heteroatoms. The lowest BCUT2D eigenvalue weighted by atomic mass is 10.1. The van der Waals surface area contributed by atoms with Crippen molar-refractivity contribution in [3.05, 3.63) is 29.6 Å². The zero-order valence-electron chi connectivity index (χ0n) is 13.2. The highest BCUT2D eigenvalue weighted by atomic mass is 19.1. The van der Waals surface area contributed by atoms with E-state index in [-0.39, 0.29) is 30.3 Å². The Hall–Kier alpha value is -1.62. The summed E-state index contributed by atoms with van der Waals surface area (Å²) in [6.45, 7) is 5.77. The molecule has 1 rings (SSSR count). The van der Waals surface area contributed by atoms with Crippen LogP contribution in [0.15, 0.2) is 18.2 Å². The van der Waals surface area contributed by atoms with E-state index in [9.17, 15) is 9.18 Å². The van der Waals surface area contributed by atoms with Crippen molar-refractivity contribution < 1.29 is 13.9 Å². The molecule has 1 amide bonds. The fourth-order valence-corrected chi connectivity index (χ4v) is 2.04. The standard InChI is InChI=1S/C16H25FN2O2/c1-5-6-11(2)19-16(20)10-21-15-8-7-13(9-14(15)17)12(3)18-4/h7-9,11-12,18H,5-6,10H2,1-4H3,(H,19,20). The minimum atomic E-state index is -0.455. The van der Waals surface area contributed by atoms with Gasteiger partial charge in [0.1, 0.15) is 0 Å². The van der Waals surface area contributed by atoms with Gasteiger partial charge >= 0.3 is 0 Å². The summed E-state index contributed by atoms with van der Waals surface area (Å²) in [6, 6.07) is 4.94. The van der Waals surface area contributed by atoms with E-state index in [4.69, 9.17) is 4.74 Å². The summed E-state index contributed by atoms with van der Waals surface area (Å²) in [5.74, 6) is -0.590. The van der Waals surface area contributed by atoms with Gasteiger partial charge in [0, 0.05) is 12.1 Å². The van der Waals surface area contributed by atoms with Gasteiger partial charge in [0.15, 0.2) is 18.2 Å². The van der Waals surface area contributed by atoms with Crippen molar-refractivity contribution >= 4 is 5.91 Å². The highest BCUT2D eigenvalue weighted by molar-refractivity contribution is 5.77. The molecule has 4 nitrogen and oxygen atoms in total. The van der Waals surface area contributed by atoms with Crippen LogP contribution in [0.2, 0.25) is 0 Å². The van der Waals surface area contributed by atoms with Gasteiger partial charge < -0.3 is 15.4 Å². The van der Waals surface area contributed by atoms with E-state index in [1.54, 1.807) is 12.1 Å². The molecule has 2 atom stereocenters. The van der Waals surface area contributed by atoms with Crippen LogP contribution in [-0.2, 0) is 4.79 Å². The van der Waals surface area contributed by atoms with Crippen molar-refractivity contribution in [3.8, 4) is 5.75 Å². The maximum atomic E-state index is 13.9. The van der Waals surface area contributed by atoms with Crippen molar-refractivity contribution in [2.24, 2.45) is 0 Å². The van der Waals surface area contributed by atoms with E-state index < -0.39 is 5.82 Å². The van der Waals surface area contributed by atoms with Crippen LogP contribution in [0.3, 0.4) is 0 Å². The molecule has 0 radical (unpaired) electrons. The molecule has 0 saturated carbocycles. The highest BCUT2D eigenvalue weighted by Crippen LogP contribution is 2.21. The zero-order chi connectivity index (χ0) is 15.8. The van der Waals surface area contributed by atoms with Crippen LogP contribution in [0.1, 0.15) is 45.2 Å². The lowest BCUT2D eigenvalue weighted by Crippen LogP contribution is -2.36. The van der Waals surface area contributed by atoms with Gasteiger partial charge in [-0.15, -0.1) is 0 Å². The Balaban J connectivity index is 2.54. The molecule has 0 aliphatic heterocycles. The monoisotopic (exact) mass is 296 g/mol. The second-order valence-electron chi connectivity index (χ2n) is 5.25. The van der Waals surface area contributed by atoms with Crippen LogP contribution in [0.25, 0.3) is 0 Å². The molecule has 1 aromatic rings. The van der Waals surface area contributed by atoms with Crippen LogP contribution in [0, 0.1) is 5.82 Å². The average molecular weight is 296 g/mol. The molecule has 0 aromatic heterocycles. The number of benzene rings is 1. The molecule has 118 valence electrons. The molecule has 1 aromatic carbocycles. The number of carbonyl (C=O) groups excluding carboxylic acids is 1. The molecule has 0 saturated heterocycles. The van der Waals surface area contributed by atoms with Gasteiger partial charge in [0.25, 0.3) is 5.91 Å². The Morgan fingerprint density at radius 1 is 1.38 bits per heavy atom. The van der Waals surface area contributed by atoms with E-state index in [1.165, 1.54) is 6.07 Å². The van der Waals surface area contributed by atoms with Gasteiger partial charge in [-0.25, -0.2) is 4.39 Å². The van der Waals surface area contributed by atoms with Crippen molar-refractivity contribution in [2.45, 2.75) is 45.7 Å². The molecule has 0 aliphatic carbocycles. The van der Waals surface area contributed by atoms with Gasteiger partial charge in [-0.05, 0) is 45.0 Å². The number of carbonyl (C=O) groups is 1. The van der Waals surface area contributed by atoms with Gasteiger partial charge in [-0.1, -0.05) is 19.4 Å². The van der Waals surface area contributed by atoms with E-state index in [1.807, 2.05) is 20.9 Å². The molecule has 0 bridgehead atoms. The van der Waals surface area contributed by atoms with Gasteiger partial charge in [-0.3, -0.25) is 4.79 Å². The summed E-state index contributed by atoms with van der Waals surface area (Å²) >= 11 is 0. The summed E-state index contributed by atoms with van der Waals surface area (Å²) in [4.78, 5) is 11.7. The van der Waals surface area contributed by atoms with Crippen LogP contribution >= 0.6 is 0 Å². The van der Waals surface area contributed by atoms with E-state index in [0.717, 1.165) is 18.4 Å². The van der Waals surface area contributed by atoms with Crippen LogP contribution in [-0.4, -0.2) is 25.6 Å². The van der Waals surface area contributed by atoms with E-state index in [2.05, 4.69) is 17.6 Å². The molecular formula is C16H25FN2O2. The first-order valence-corrected chi connectivity index (χ1v) is 7.36. The summed E-state index contributed by atoms with van der Waals surface area (Å²) in [7, 11) is 1.81. The third-order valence-corrected chi connectivity index (χ3v) is 3.38. The van der Waals surface area contributed by atoms with Crippen LogP contribution in [0.5, 0.6) is 5.75 Å². The van der Waals surface area contributed by atoms with E-state index in [0.29, 0.717) is 0 Å². The molecule has 0 spiro atoms. The number of hydrogen-bond donors (Lipinski definition) is 2. The first-order valence-electron chi connectivity index (χ1n) is 7.36. The second-order valence-corrected chi connectivity index (χ2v) is 5.25. The number of ether oxygens (including phenoxy) is 1. The quantitative estimate of drug-likeness (QED) is 0.775. The largest absolute Gasteiger partial charge is 0.481 e. The molecule has 21 heavy (non-hydrogen) atoms. The number of halogens is 1.